The number of rotatable bonds is 5. The molecule has 2 heterocycles. The molecule has 0 spiro atoms. The van der Waals surface area contributed by atoms with Gasteiger partial charge in [0, 0.05) is 44.5 Å². The number of ether oxygens (including phenoxy) is 2. The maximum atomic E-state index is 12.4. The average Bonchev–Trinajstić information content (AvgIpc) is 2.67. The van der Waals surface area contributed by atoms with Crippen LogP contribution in [0.4, 0.5) is 5.69 Å². The van der Waals surface area contributed by atoms with Gasteiger partial charge in [0.1, 0.15) is 0 Å². The summed E-state index contributed by atoms with van der Waals surface area (Å²) in [6, 6.07) is 8.47. The molecule has 132 valence electrons. The van der Waals surface area contributed by atoms with Crippen LogP contribution in [0.2, 0.25) is 0 Å². The fourth-order valence-corrected chi connectivity index (χ4v) is 3.43. The van der Waals surface area contributed by atoms with Crippen molar-refractivity contribution in [3.63, 3.8) is 0 Å². The number of anilines is 1. The zero-order chi connectivity index (χ0) is 16.8. The molecule has 2 fully saturated rings. The number of nitrogens with zero attached hydrogens (tertiary/aromatic N) is 1. The van der Waals surface area contributed by atoms with Gasteiger partial charge in [0.05, 0.1) is 13.2 Å². The number of carbonyl (C=O) groups excluding carboxylic acids is 1. The smallest absolute Gasteiger partial charge is 0.223 e. The van der Waals surface area contributed by atoms with Crippen molar-refractivity contribution >= 4 is 11.6 Å². The largest absolute Gasteiger partial charge is 0.381 e. The van der Waals surface area contributed by atoms with Crippen molar-refractivity contribution in [2.45, 2.75) is 26.3 Å². The molecular weight excluding hydrogens is 304 g/mol. The van der Waals surface area contributed by atoms with E-state index in [1.54, 1.807) is 0 Å². The highest BCUT2D eigenvalue weighted by Crippen LogP contribution is 2.23. The first-order valence-electron chi connectivity index (χ1n) is 9.01. The first-order valence-corrected chi connectivity index (χ1v) is 9.01. The van der Waals surface area contributed by atoms with E-state index in [0.29, 0.717) is 12.5 Å². The summed E-state index contributed by atoms with van der Waals surface area (Å²) in [6.07, 6.45) is 1.98. The third kappa shape index (κ3) is 4.48. The summed E-state index contributed by atoms with van der Waals surface area (Å²) in [4.78, 5) is 14.7. The summed E-state index contributed by atoms with van der Waals surface area (Å²) < 4.78 is 10.8. The Balaban J connectivity index is 1.47. The van der Waals surface area contributed by atoms with Gasteiger partial charge in [-0.2, -0.15) is 0 Å². The average molecular weight is 332 g/mol. The highest BCUT2D eigenvalue weighted by molar-refractivity contribution is 5.78. The van der Waals surface area contributed by atoms with E-state index in [0.717, 1.165) is 57.9 Å². The fraction of sp³-hybridized carbons (Fsp3) is 0.632. The molecule has 0 aromatic heterocycles. The Kier molecular flexibility index (Phi) is 6.10. The van der Waals surface area contributed by atoms with Gasteiger partial charge < -0.3 is 19.7 Å². The second kappa shape index (κ2) is 8.49. The molecule has 0 saturated carbocycles. The predicted molar refractivity (Wildman–Crippen MR) is 94.0 cm³/mol. The number of hydrogen-bond donors (Lipinski definition) is 1. The van der Waals surface area contributed by atoms with Gasteiger partial charge in [-0.15, -0.1) is 0 Å². The highest BCUT2D eigenvalue weighted by Gasteiger charge is 2.25. The fourth-order valence-electron chi connectivity index (χ4n) is 3.43. The standard InChI is InChI=1S/C19H28N2O3/c1-15(17-6-10-23-11-7-17)19(22)20-14-16-2-4-18(5-3-16)21-8-12-24-13-9-21/h2-5,15,17H,6-14H2,1H3,(H,20,22). The molecular formula is C19H28N2O3. The summed E-state index contributed by atoms with van der Waals surface area (Å²) in [5.41, 5.74) is 2.36. The molecule has 1 aromatic rings. The maximum absolute atomic E-state index is 12.4. The van der Waals surface area contributed by atoms with E-state index in [1.165, 1.54) is 5.69 Å². The number of nitrogens with one attached hydrogen (secondary N) is 1. The van der Waals surface area contributed by atoms with Gasteiger partial charge in [0.15, 0.2) is 0 Å². The molecule has 1 amide bonds. The van der Waals surface area contributed by atoms with E-state index in [1.807, 2.05) is 6.92 Å². The number of morpholine rings is 1. The normalized spacial score (nSPS) is 20.6. The van der Waals surface area contributed by atoms with Gasteiger partial charge in [-0.25, -0.2) is 0 Å². The molecule has 1 aromatic carbocycles. The van der Waals surface area contributed by atoms with Crippen LogP contribution in [-0.4, -0.2) is 45.4 Å². The highest BCUT2D eigenvalue weighted by atomic mass is 16.5. The molecule has 5 heteroatoms. The van der Waals surface area contributed by atoms with Gasteiger partial charge in [-0.1, -0.05) is 19.1 Å². The summed E-state index contributed by atoms with van der Waals surface area (Å²) in [5.74, 6) is 0.656. The Morgan fingerprint density at radius 2 is 1.75 bits per heavy atom. The first kappa shape index (κ1) is 17.2. The Morgan fingerprint density at radius 1 is 1.12 bits per heavy atom. The third-order valence-electron chi connectivity index (χ3n) is 5.17. The Hall–Kier alpha value is -1.59. The lowest BCUT2D eigenvalue weighted by molar-refractivity contribution is -0.127. The van der Waals surface area contributed by atoms with Gasteiger partial charge in [-0.3, -0.25) is 4.79 Å². The lowest BCUT2D eigenvalue weighted by Crippen LogP contribution is -2.36. The monoisotopic (exact) mass is 332 g/mol. The predicted octanol–water partition coefficient (Wildman–Crippen LogP) is 2.20. The van der Waals surface area contributed by atoms with Crippen molar-refractivity contribution in [3.8, 4) is 0 Å². The van der Waals surface area contributed by atoms with Crippen LogP contribution in [0.15, 0.2) is 24.3 Å². The molecule has 2 saturated heterocycles. The topological polar surface area (TPSA) is 50.8 Å². The number of benzene rings is 1. The van der Waals surface area contributed by atoms with Crippen molar-refractivity contribution < 1.29 is 14.3 Å². The minimum Gasteiger partial charge on any atom is -0.381 e. The SMILES string of the molecule is CC(C(=O)NCc1ccc(N2CCOCC2)cc1)C1CCOCC1. The van der Waals surface area contributed by atoms with Crippen molar-refractivity contribution in [1.29, 1.82) is 0 Å². The Morgan fingerprint density at radius 3 is 2.42 bits per heavy atom. The summed E-state index contributed by atoms with van der Waals surface area (Å²) >= 11 is 0. The van der Waals surface area contributed by atoms with Crippen LogP contribution in [0, 0.1) is 11.8 Å². The third-order valence-corrected chi connectivity index (χ3v) is 5.17. The van der Waals surface area contributed by atoms with Gasteiger partial charge in [-0.05, 0) is 36.5 Å². The van der Waals surface area contributed by atoms with Crippen LogP contribution in [-0.2, 0) is 20.8 Å². The Labute approximate surface area is 144 Å². The molecule has 24 heavy (non-hydrogen) atoms. The Bertz CT molecular complexity index is 520. The second-order valence-corrected chi connectivity index (χ2v) is 6.72. The summed E-state index contributed by atoms with van der Waals surface area (Å²) in [7, 11) is 0. The van der Waals surface area contributed by atoms with Gasteiger partial charge >= 0.3 is 0 Å². The number of amides is 1. The molecule has 1 atom stereocenters. The molecule has 3 rings (SSSR count). The van der Waals surface area contributed by atoms with E-state index in [2.05, 4.69) is 34.5 Å². The molecule has 2 aliphatic heterocycles. The first-order chi connectivity index (χ1) is 11.7. The number of carbonyl (C=O) groups is 1. The van der Waals surface area contributed by atoms with Crippen molar-refractivity contribution in [2.75, 3.05) is 44.4 Å². The van der Waals surface area contributed by atoms with Crippen LogP contribution >= 0.6 is 0 Å². The van der Waals surface area contributed by atoms with E-state index < -0.39 is 0 Å². The van der Waals surface area contributed by atoms with E-state index in [-0.39, 0.29) is 11.8 Å². The molecule has 5 nitrogen and oxygen atoms in total. The van der Waals surface area contributed by atoms with Crippen molar-refractivity contribution in [3.05, 3.63) is 29.8 Å². The van der Waals surface area contributed by atoms with E-state index >= 15 is 0 Å². The minimum atomic E-state index is 0.0570. The van der Waals surface area contributed by atoms with E-state index in [9.17, 15) is 4.79 Å². The van der Waals surface area contributed by atoms with E-state index in [4.69, 9.17) is 9.47 Å². The van der Waals surface area contributed by atoms with Crippen LogP contribution in [0.5, 0.6) is 0 Å². The molecule has 1 N–H and O–H groups in total. The van der Waals surface area contributed by atoms with Crippen molar-refractivity contribution in [2.24, 2.45) is 11.8 Å². The van der Waals surface area contributed by atoms with Crippen LogP contribution in [0.3, 0.4) is 0 Å². The van der Waals surface area contributed by atoms with Crippen LogP contribution in [0.25, 0.3) is 0 Å². The molecule has 0 bridgehead atoms. The number of hydrogen-bond acceptors (Lipinski definition) is 4. The quantitative estimate of drug-likeness (QED) is 0.898. The van der Waals surface area contributed by atoms with Crippen LogP contribution < -0.4 is 10.2 Å². The minimum absolute atomic E-state index is 0.0570. The molecule has 0 radical (unpaired) electrons. The van der Waals surface area contributed by atoms with Gasteiger partial charge in [0.25, 0.3) is 0 Å². The molecule has 1 unspecified atom stereocenters. The maximum Gasteiger partial charge on any atom is 0.223 e. The van der Waals surface area contributed by atoms with Crippen LogP contribution in [0.1, 0.15) is 25.3 Å². The zero-order valence-electron chi connectivity index (χ0n) is 14.5. The lowest BCUT2D eigenvalue weighted by atomic mass is 9.87. The summed E-state index contributed by atoms with van der Waals surface area (Å²) in [5, 5.41) is 3.08. The van der Waals surface area contributed by atoms with Crippen molar-refractivity contribution in [1.82, 2.24) is 5.32 Å². The summed E-state index contributed by atoms with van der Waals surface area (Å²) in [6.45, 7) is 7.67. The molecule has 0 aliphatic carbocycles. The molecule has 2 aliphatic rings. The van der Waals surface area contributed by atoms with Gasteiger partial charge in [0.2, 0.25) is 5.91 Å². The zero-order valence-corrected chi connectivity index (χ0v) is 14.5. The second-order valence-electron chi connectivity index (χ2n) is 6.72. The lowest BCUT2D eigenvalue weighted by Gasteiger charge is -2.29.